The lowest BCUT2D eigenvalue weighted by molar-refractivity contribution is 0.931. The Hall–Kier alpha value is -1.10. The predicted octanol–water partition coefficient (Wildman–Crippen LogP) is 2.92. The van der Waals surface area contributed by atoms with E-state index in [0.29, 0.717) is 6.54 Å². The zero-order valence-corrected chi connectivity index (χ0v) is 10.7. The maximum atomic E-state index is 6.16. The summed E-state index contributed by atoms with van der Waals surface area (Å²) in [6, 6.07) is 7.73. The molecule has 1 heterocycles. The third-order valence-corrected chi connectivity index (χ3v) is 3.80. The third kappa shape index (κ3) is 3.19. The lowest BCUT2D eigenvalue weighted by atomic mass is 10.1. The molecule has 0 radical (unpaired) electrons. The van der Waals surface area contributed by atoms with E-state index in [9.17, 15) is 0 Å². The van der Waals surface area contributed by atoms with Gasteiger partial charge < -0.3 is 5.73 Å². The molecule has 0 aliphatic carbocycles. The lowest BCUT2D eigenvalue weighted by Gasteiger charge is -2.15. The molecule has 0 fully saturated rings. The summed E-state index contributed by atoms with van der Waals surface area (Å²) in [6.45, 7) is 0.505. The number of aromatic nitrogens is 2. The van der Waals surface area contributed by atoms with Crippen LogP contribution in [-0.2, 0) is 0 Å². The van der Waals surface area contributed by atoms with Crippen molar-refractivity contribution in [3.63, 3.8) is 0 Å². The molecule has 0 saturated heterocycles. The highest BCUT2D eigenvalue weighted by Gasteiger charge is 2.14. The van der Waals surface area contributed by atoms with Crippen LogP contribution in [0.1, 0.15) is 10.8 Å². The molecule has 0 saturated carbocycles. The first-order chi connectivity index (χ1) is 8.31. The fourth-order valence-electron chi connectivity index (χ4n) is 1.47. The topological polar surface area (TPSA) is 51.8 Å². The van der Waals surface area contributed by atoms with Crippen LogP contribution < -0.4 is 5.73 Å². The van der Waals surface area contributed by atoms with Crippen LogP contribution in [0.2, 0.25) is 5.02 Å². The van der Waals surface area contributed by atoms with E-state index in [2.05, 4.69) is 9.97 Å². The minimum absolute atomic E-state index is 0.0976. The molecule has 0 spiro atoms. The summed E-state index contributed by atoms with van der Waals surface area (Å²) < 4.78 is 0. The fraction of sp³-hybridized carbons (Fsp3) is 0.167. The molecule has 0 aliphatic heterocycles. The van der Waals surface area contributed by atoms with E-state index in [1.165, 1.54) is 0 Å². The summed E-state index contributed by atoms with van der Waals surface area (Å²) in [5.41, 5.74) is 6.83. The zero-order valence-electron chi connectivity index (χ0n) is 9.08. The summed E-state index contributed by atoms with van der Waals surface area (Å²) in [5, 5.41) is 1.68. The molecule has 2 N–H and O–H groups in total. The Morgan fingerprint density at radius 3 is 2.76 bits per heavy atom. The van der Waals surface area contributed by atoms with Crippen molar-refractivity contribution in [2.24, 2.45) is 5.73 Å². The summed E-state index contributed by atoms with van der Waals surface area (Å²) in [6.07, 6.45) is 5.05. The molecule has 0 aliphatic rings. The van der Waals surface area contributed by atoms with Gasteiger partial charge in [-0.2, -0.15) is 0 Å². The fourth-order valence-corrected chi connectivity index (χ4v) is 2.76. The van der Waals surface area contributed by atoms with Gasteiger partial charge in [0.15, 0.2) is 0 Å². The number of nitrogens with two attached hydrogens (primary N) is 1. The molecule has 5 heteroatoms. The third-order valence-electron chi connectivity index (χ3n) is 2.27. The van der Waals surface area contributed by atoms with Gasteiger partial charge in [0.1, 0.15) is 5.03 Å². The number of thioether (sulfide) groups is 1. The first kappa shape index (κ1) is 12.4. The lowest BCUT2D eigenvalue weighted by Crippen LogP contribution is -2.10. The van der Waals surface area contributed by atoms with Crippen molar-refractivity contribution in [2.75, 3.05) is 6.54 Å². The van der Waals surface area contributed by atoms with E-state index in [4.69, 9.17) is 17.3 Å². The van der Waals surface area contributed by atoms with E-state index >= 15 is 0 Å². The molecule has 1 aromatic heterocycles. The van der Waals surface area contributed by atoms with Gasteiger partial charge in [0, 0.05) is 29.2 Å². The molecular formula is C12H12ClN3S. The van der Waals surface area contributed by atoms with Crippen molar-refractivity contribution in [2.45, 2.75) is 10.3 Å². The molecule has 1 aromatic carbocycles. The van der Waals surface area contributed by atoms with E-state index in [1.54, 1.807) is 30.4 Å². The smallest absolute Gasteiger partial charge is 0.115 e. The minimum atomic E-state index is 0.0976. The maximum absolute atomic E-state index is 6.16. The molecule has 0 amide bonds. The van der Waals surface area contributed by atoms with Crippen LogP contribution in [0, 0.1) is 0 Å². The Balaban J connectivity index is 2.21. The summed E-state index contributed by atoms with van der Waals surface area (Å²) in [5.74, 6) is 0. The van der Waals surface area contributed by atoms with Crippen LogP contribution in [0.15, 0.2) is 47.9 Å². The van der Waals surface area contributed by atoms with Crippen molar-refractivity contribution in [1.29, 1.82) is 0 Å². The van der Waals surface area contributed by atoms with Gasteiger partial charge in [0.25, 0.3) is 0 Å². The molecule has 1 atom stereocenters. The van der Waals surface area contributed by atoms with E-state index in [1.807, 2.05) is 24.3 Å². The van der Waals surface area contributed by atoms with E-state index < -0.39 is 0 Å². The number of halogens is 1. The largest absolute Gasteiger partial charge is 0.329 e. The molecular weight excluding hydrogens is 254 g/mol. The van der Waals surface area contributed by atoms with Crippen LogP contribution in [-0.4, -0.2) is 16.5 Å². The minimum Gasteiger partial charge on any atom is -0.329 e. The van der Waals surface area contributed by atoms with Crippen molar-refractivity contribution < 1.29 is 0 Å². The van der Waals surface area contributed by atoms with Crippen molar-refractivity contribution >= 4 is 23.4 Å². The summed E-state index contributed by atoms with van der Waals surface area (Å²) >= 11 is 7.73. The number of hydrogen-bond acceptors (Lipinski definition) is 4. The van der Waals surface area contributed by atoms with Gasteiger partial charge in [-0.25, -0.2) is 4.98 Å². The van der Waals surface area contributed by atoms with E-state index in [-0.39, 0.29) is 5.25 Å². The molecule has 2 rings (SSSR count). The Kier molecular flexibility index (Phi) is 4.36. The first-order valence-electron chi connectivity index (χ1n) is 5.18. The normalized spacial score (nSPS) is 12.4. The van der Waals surface area contributed by atoms with Gasteiger partial charge in [0.2, 0.25) is 0 Å². The zero-order chi connectivity index (χ0) is 12.1. The Labute approximate surface area is 109 Å². The standard InChI is InChI=1S/C12H12ClN3S/c13-10-4-2-1-3-9(10)11(7-14)17-12-8-15-5-6-16-12/h1-6,8,11H,7,14H2. The number of benzene rings is 1. The molecule has 1 unspecified atom stereocenters. The van der Waals surface area contributed by atoms with Gasteiger partial charge in [-0.3, -0.25) is 4.98 Å². The molecule has 0 bridgehead atoms. The van der Waals surface area contributed by atoms with Crippen LogP contribution in [0.25, 0.3) is 0 Å². The van der Waals surface area contributed by atoms with Gasteiger partial charge >= 0.3 is 0 Å². The Morgan fingerprint density at radius 1 is 1.29 bits per heavy atom. The molecule has 2 aromatic rings. The van der Waals surface area contributed by atoms with Gasteiger partial charge in [-0.1, -0.05) is 41.6 Å². The summed E-state index contributed by atoms with van der Waals surface area (Å²) in [4.78, 5) is 8.25. The highest BCUT2D eigenvalue weighted by molar-refractivity contribution is 7.99. The van der Waals surface area contributed by atoms with Crippen molar-refractivity contribution in [1.82, 2.24) is 9.97 Å². The number of hydrogen-bond donors (Lipinski definition) is 1. The monoisotopic (exact) mass is 265 g/mol. The Morgan fingerprint density at radius 2 is 2.12 bits per heavy atom. The van der Waals surface area contributed by atoms with Crippen molar-refractivity contribution in [3.8, 4) is 0 Å². The van der Waals surface area contributed by atoms with E-state index in [0.717, 1.165) is 15.6 Å². The SMILES string of the molecule is NCC(Sc1cnccn1)c1ccccc1Cl. The first-order valence-corrected chi connectivity index (χ1v) is 6.44. The summed E-state index contributed by atoms with van der Waals surface area (Å²) in [7, 11) is 0. The van der Waals surface area contributed by atoms with Crippen molar-refractivity contribution in [3.05, 3.63) is 53.4 Å². The number of rotatable bonds is 4. The maximum Gasteiger partial charge on any atom is 0.115 e. The van der Waals surface area contributed by atoms with Crippen LogP contribution in [0.5, 0.6) is 0 Å². The van der Waals surface area contributed by atoms with Crippen LogP contribution in [0.4, 0.5) is 0 Å². The average Bonchev–Trinajstić information content (AvgIpc) is 2.38. The second-order valence-electron chi connectivity index (χ2n) is 3.41. The molecule has 17 heavy (non-hydrogen) atoms. The van der Waals surface area contributed by atoms with Gasteiger partial charge in [-0.05, 0) is 11.6 Å². The second-order valence-corrected chi connectivity index (χ2v) is 5.04. The van der Waals surface area contributed by atoms with Gasteiger partial charge in [0.05, 0.1) is 6.20 Å². The Bertz CT molecular complexity index is 478. The molecule has 88 valence electrons. The predicted molar refractivity (Wildman–Crippen MR) is 71.1 cm³/mol. The van der Waals surface area contributed by atoms with Crippen LogP contribution >= 0.6 is 23.4 Å². The van der Waals surface area contributed by atoms with Crippen LogP contribution in [0.3, 0.4) is 0 Å². The highest BCUT2D eigenvalue weighted by atomic mass is 35.5. The highest BCUT2D eigenvalue weighted by Crippen LogP contribution is 2.36. The second kappa shape index (κ2) is 6.00. The average molecular weight is 266 g/mol. The molecule has 3 nitrogen and oxygen atoms in total. The quantitative estimate of drug-likeness (QED) is 0.864. The number of nitrogens with zero attached hydrogens (tertiary/aromatic N) is 2. The van der Waals surface area contributed by atoms with Gasteiger partial charge in [-0.15, -0.1) is 0 Å².